The molecule has 0 saturated carbocycles. The molecule has 0 aliphatic carbocycles. The van der Waals surface area contributed by atoms with Gasteiger partial charge in [-0.05, 0) is 37.4 Å². The van der Waals surface area contributed by atoms with Crippen LogP contribution in [0.3, 0.4) is 0 Å². The lowest BCUT2D eigenvalue weighted by molar-refractivity contribution is 0.237. The normalized spacial score (nSPS) is 10.9. The van der Waals surface area contributed by atoms with E-state index in [0.717, 1.165) is 21.4 Å². The van der Waals surface area contributed by atoms with Crippen LogP contribution in [0, 0.1) is 0 Å². The average Bonchev–Trinajstić information content (AvgIpc) is 2.18. The maximum Gasteiger partial charge on any atom is 0.133 e. The van der Waals surface area contributed by atoms with Gasteiger partial charge in [-0.25, -0.2) is 0 Å². The lowest BCUT2D eigenvalue weighted by Crippen LogP contribution is -2.05. The molecule has 1 aromatic carbocycles. The molecule has 0 spiro atoms. The van der Waals surface area contributed by atoms with Gasteiger partial charge in [-0.3, -0.25) is 4.98 Å². The largest absolute Gasteiger partial charge is 0.490 e. The fourth-order valence-electron chi connectivity index (χ4n) is 1.45. The van der Waals surface area contributed by atoms with Crippen molar-refractivity contribution >= 4 is 23.4 Å². The van der Waals surface area contributed by atoms with E-state index in [1.54, 1.807) is 6.20 Å². The predicted molar refractivity (Wildman–Crippen MR) is 64.8 cm³/mol. The Morgan fingerprint density at radius 3 is 2.80 bits per heavy atom. The van der Waals surface area contributed by atoms with Gasteiger partial charge in [0.1, 0.15) is 5.75 Å². The van der Waals surface area contributed by atoms with E-state index in [-0.39, 0.29) is 6.10 Å². The van der Waals surface area contributed by atoms with Gasteiger partial charge in [0.25, 0.3) is 0 Å². The number of pyridine rings is 1. The minimum atomic E-state index is 0.157. The highest BCUT2D eigenvalue weighted by Gasteiger charge is 2.04. The quantitative estimate of drug-likeness (QED) is 0.783. The van der Waals surface area contributed by atoms with Crippen LogP contribution in [0.25, 0.3) is 10.8 Å². The molecular weight excluding hydrogens is 206 g/mol. The summed E-state index contributed by atoms with van der Waals surface area (Å²) in [5.41, 5.74) is 0. The summed E-state index contributed by atoms with van der Waals surface area (Å²) < 4.78 is 5.65. The molecule has 0 amide bonds. The summed E-state index contributed by atoms with van der Waals surface area (Å²) in [7, 11) is 0. The molecule has 0 atom stereocenters. The van der Waals surface area contributed by atoms with E-state index in [9.17, 15) is 0 Å². The summed E-state index contributed by atoms with van der Waals surface area (Å²) >= 11 is 4.40. The van der Waals surface area contributed by atoms with Crippen LogP contribution in [0.4, 0.5) is 0 Å². The van der Waals surface area contributed by atoms with E-state index >= 15 is 0 Å². The molecule has 0 saturated heterocycles. The number of rotatable bonds is 2. The van der Waals surface area contributed by atoms with E-state index in [1.165, 1.54) is 0 Å². The van der Waals surface area contributed by atoms with Crippen molar-refractivity contribution in [2.75, 3.05) is 0 Å². The van der Waals surface area contributed by atoms with Crippen molar-refractivity contribution in [3.8, 4) is 5.75 Å². The smallest absolute Gasteiger partial charge is 0.133 e. The van der Waals surface area contributed by atoms with E-state index in [1.807, 2.05) is 38.2 Å². The molecule has 78 valence electrons. The molecule has 3 heteroatoms. The zero-order valence-corrected chi connectivity index (χ0v) is 9.66. The van der Waals surface area contributed by atoms with Crippen LogP contribution < -0.4 is 4.74 Å². The predicted octanol–water partition coefficient (Wildman–Crippen LogP) is 3.31. The second-order valence-electron chi connectivity index (χ2n) is 3.71. The highest BCUT2D eigenvalue weighted by molar-refractivity contribution is 7.80. The van der Waals surface area contributed by atoms with Crippen molar-refractivity contribution in [2.45, 2.75) is 24.8 Å². The molecular formula is C12H13NOS. The van der Waals surface area contributed by atoms with Crippen LogP contribution in [-0.4, -0.2) is 11.1 Å². The fourth-order valence-corrected chi connectivity index (χ4v) is 1.71. The second-order valence-corrected chi connectivity index (χ2v) is 4.19. The number of thiol groups is 1. The van der Waals surface area contributed by atoms with Crippen molar-refractivity contribution < 1.29 is 4.74 Å². The SMILES string of the molecule is CC(C)Oc1cc2cnccc2cc1S. The lowest BCUT2D eigenvalue weighted by atomic mass is 10.2. The molecule has 2 nitrogen and oxygen atoms in total. The molecule has 0 radical (unpaired) electrons. The Bertz CT molecular complexity index is 482. The summed E-state index contributed by atoms with van der Waals surface area (Å²) in [4.78, 5) is 4.95. The molecule has 0 bridgehead atoms. The number of fused-ring (bicyclic) bond motifs is 1. The summed E-state index contributed by atoms with van der Waals surface area (Å²) in [5, 5.41) is 2.21. The van der Waals surface area contributed by atoms with Gasteiger partial charge in [0.2, 0.25) is 0 Å². The molecule has 2 aromatic rings. The topological polar surface area (TPSA) is 22.1 Å². The zero-order chi connectivity index (χ0) is 10.8. The van der Waals surface area contributed by atoms with E-state index in [4.69, 9.17) is 4.74 Å². The van der Waals surface area contributed by atoms with Crippen molar-refractivity contribution in [1.29, 1.82) is 0 Å². The number of benzene rings is 1. The highest BCUT2D eigenvalue weighted by Crippen LogP contribution is 2.28. The first kappa shape index (κ1) is 10.3. The molecule has 0 unspecified atom stereocenters. The van der Waals surface area contributed by atoms with Gasteiger partial charge in [-0.1, -0.05) is 0 Å². The van der Waals surface area contributed by atoms with Crippen LogP contribution in [0.2, 0.25) is 0 Å². The third-order valence-electron chi connectivity index (χ3n) is 2.08. The minimum Gasteiger partial charge on any atom is -0.490 e. The third kappa shape index (κ3) is 2.23. The Morgan fingerprint density at radius 1 is 1.27 bits per heavy atom. The number of aromatic nitrogens is 1. The van der Waals surface area contributed by atoms with Crippen LogP contribution in [0.5, 0.6) is 5.75 Å². The minimum absolute atomic E-state index is 0.157. The van der Waals surface area contributed by atoms with E-state index in [2.05, 4.69) is 17.6 Å². The Labute approximate surface area is 94.7 Å². The summed E-state index contributed by atoms with van der Waals surface area (Å²) in [5.74, 6) is 0.814. The lowest BCUT2D eigenvalue weighted by Gasteiger charge is -2.12. The van der Waals surface area contributed by atoms with E-state index < -0.39 is 0 Å². The monoisotopic (exact) mass is 219 g/mol. The molecule has 15 heavy (non-hydrogen) atoms. The number of nitrogens with zero attached hydrogens (tertiary/aromatic N) is 1. The van der Waals surface area contributed by atoms with Crippen LogP contribution in [0.15, 0.2) is 35.5 Å². The first-order valence-electron chi connectivity index (χ1n) is 4.90. The number of hydrogen-bond donors (Lipinski definition) is 1. The summed E-state index contributed by atoms with van der Waals surface area (Å²) in [6.07, 6.45) is 3.76. The molecule has 0 aliphatic rings. The van der Waals surface area contributed by atoms with Crippen molar-refractivity contribution in [2.24, 2.45) is 0 Å². The number of ether oxygens (including phenoxy) is 1. The first-order chi connectivity index (χ1) is 7.16. The Morgan fingerprint density at radius 2 is 2.07 bits per heavy atom. The van der Waals surface area contributed by atoms with Crippen molar-refractivity contribution in [3.05, 3.63) is 30.6 Å². The average molecular weight is 219 g/mol. The Hall–Kier alpha value is -1.22. The maximum atomic E-state index is 5.65. The second kappa shape index (κ2) is 4.11. The van der Waals surface area contributed by atoms with E-state index in [0.29, 0.717) is 0 Å². The van der Waals surface area contributed by atoms with Crippen LogP contribution in [0.1, 0.15) is 13.8 Å². The highest BCUT2D eigenvalue weighted by atomic mass is 32.1. The Kier molecular flexibility index (Phi) is 2.82. The van der Waals surface area contributed by atoms with Gasteiger partial charge in [0.15, 0.2) is 0 Å². The van der Waals surface area contributed by atoms with Gasteiger partial charge in [-0.2, -0.15) is 0 Å². The van der Waals surface area contributed by atoms with Crippen molar-refractivity contribution in [1.82, 2.24) is 4.98 Å². The van der Waals surface area contributed by atoms with Crippen LogP contribution in [-0.2, 0) is 0 Å². The van der Waals surface area contributed by atoms with Gasteiger partial charge >= 0.3 is 0 Å². The van der Waals surface area contributed by atoms with Gasteiger partial charge in [0.05, 0.1) is 6.10 Å². The molecule has 0 fully saturated rings. The molecule has 0 N–H and O–H groups in total. The van der Waals surface area contributed by atoms with Crippen molar-refractivity contribution in [3.63, 3.8) is 0 Å². The zero-order valence-electron chi connectivity index (χ0n) is 8.77. The maximum absolute atomic E-state index is 5.65. The third-order valence-corrected chi connectivity index (χ3v) is 2.43. The fraction of sp³-hybridized carbons (Fsp3) is 0.250. The van der Waals surface area contributed by atoms with Gasteiger partial charge < -0.3 is 4.74 Å². The van der Waals surface area contributed by atoms with Crippen LogP contribution >= 0.6 is 12.6 Å². The molecule has 1 aromatic heterocycles. The number of hydrogen-bond acceptors (Lipinski definition) is 3. The Balaban J connectivity index is 2.52. The summed E-state index contributed by atoms with van der Waals surface area (Å²) in [6, 6.07) is 5.94. The summed E-state index contributed by atoms with van der Waals surface area (Å²) in [6.45, 7) is 4.00. The molecule has 2 rings (SSSR count). The first-order valence-corrected chi connectivity index (χ1v) is 5.35. The van der Waals surface area contributed by atoms with Gasteiger partial charge in [0, 0.05) is 22.7 Å². The van der Waals surface area contributed by atoms with Gasteiger partial charge in [-0.15, -0.1) is 12.6 Å². The molecule has 1 heterocycles. The standard InChI is InChI=1S/C12H13NOS/c1-8(2)14-11-5-10-7-13-4-3-9(10)6-12(11)15/h3-8,15H,1-2H3. The molecule has 0 aliphatic heterocycles.